The molecule has 1 heterocycles. The molecule has 0 aliphatic rings. The molecule has 0 radical (unpaired) electrons. The summed E-state index contributed by atoms with van der Waals surface area (Å²) >= 11 is 2.19. The molecule has 0 aliphatic heterocycles. The summed E-state index contributed by atoms with van der Waals surface area (Å²) in [5.41, 5.74) is 0.831. The van der Waals surface area contributed by atoms with Crippen LogP contribution in [0.4, 0.5) is 5.69 Å². The number of nitrogens with zero attached hydrogens (tertiary/aromatic N) is 2. The van der Waals surface area contributed by atoms with E-state index in [0.29, 0.717) is 0 Å². The van der Waals surface area contributed by atoms with Crippen LogP contribution >= 0.6 is 22.6 Å². The van der Waals surface area contributed by atoms with Gasteiger partial charge in [0.15, 0.2) is 0 Å². The van der Waals surface area contributed by atoms with Crippen LogP contribution in [0.5, 0.6) is 0 Å². The van der Waals surface area contributed by atoms with E-state index in [2.05, 4.69) is 33.0 Å². The minimum Gasteiger partial charge on any atom is -0.323 e. The van der Waals surface area contributed by atoms with Gasteiger partial charge in [0.1, 0.15) is 6.04 Å². The fraction of sp³-hybridized carbons (Fsp3) is 0.167. The van der Waals surface area contributed by atoms with Crippen molar-refractivity contribution in [2.24, 2.45) is 0 Å². The van der Waals surface area contributed by atoms with Gasteiger partial charge >= 0.3 is 0 Å². The average molecular weight is 341 g/mol. The van der Waals surface area contributed by atoms with Gasteiger partial charge in [-0.15, -0.1) is 0 Å². The highest BCUT2D eigenvalue weighted by atomic mass is 127. The second-order valence-electron chi connectivity index (χ2n) is 3.63. The molecule has 1 amide bonds. The molecule has 1 aromatic heterocycles. The molecular formula is C12H12IN3O. The molecule has 88 valence electrons. The van der Waals surface area contributed by atoms with Crippen LogP contribution in [-0.2, 0) is 4.79 Å². The third-order valence-electron chi connectivity index (χ3n) is 2.43. The minimum absolute atomic E-state index is 0.0715. The molecule has 1 aromatic carbocycles. The molecule has 0 spiro atoms. The van der Waals surface area contributed by atoms with E-state index in [1.807, 2.05) is 31.2 Å². The summed E-state index contributed by atoms with van der Waals surface area (Å²) in [6.45, 7) is 1.82. The van der Waals surface area contributed by atoms with Gasteiger partial charge in [-0.05, 0) is 47.7 Å². The average Bonchev–Trinajstić information content (AvgIpc) is 2.84. The lowest BCUT2D eigenvalue weighted by Gasteiger charge is -2.13. The van der Waals surface area contributed by atoms with Crippen LogP contribution in [0.25, 0.3) is 0 Å². The van der Waals surface area contributed by atoms with Crippen LogP contribution in [0.1, 0.15) is 13.0 Å². The van der Waals surface area contributed by atoms with Crippen LogP contribution in [0.2, 0.25) is 0 Å². The van der Waals surface area contributed by atoms with E-state index in [9.17, 15) is 4.79 Å². The molecule has 0 aliphatic carbocycles. The van der Waals surface area contributed by atoms with Gasteiger partial charge in [-0.2, -0.15) is 5.10 Å². The third kappa shape index (κ3) is 2.85. The van der Waals surface area contributed by atoms with Crippen molar-refractivity contribution in [1.82, 2.24) is 9.78 Å². The van der Waals surface area contributed by atoms with Crippen LogP contribution in [-0.4, -0.2) is 15.7 Å². The summed E-state index contributed by atoms with van der Waals surface area (Å²) in [6, 6.07) is 9.16. The zero-order valence-electron chi connectivity index (χ0n) is 9.30. The van der Waals surface area contributed by atoms with Crippen molar-refractivity contribution in [1.29, 1.82) is 0 Å². The first-order chi connectivity index (χ1) is 8.18. The molecular weight excluding hydrogens is 329 g/mol. The maximum atomic E-state index is 12.0. The van der Waals surface area contributed by atoms with Crippen molar-refractivity contribution in [3.8, 4) is 0 Å². The maximum Gasteiger partial charge on any atom is 0.248 e. The number of hydrogen-bond acceptors (Lipinski definition) is 2. The lowest BCUT2D eigenvalue weighted by Crippen LogP contribution is -2.24. The Morgan fingerprint density at radius 1 is 1.41 bits per heavy atom. The number of anilines is 1. The van der Waals surface area contributed by atoms with E-state index in [-0.39, 0.29) is 11.9 Å². The zero-order chi connectivity index (χ0) is 12.3. The Bertz CT molecular complexity index is 510. The molecule has 0 bridgehead atoms. The monoisotopic (exact) mass is 341 g/mol. The summed E-state index contributed by atoms with van der Waals surface area (Å²) in [5, 5.41) is 6.95. The highest BCUT2D eigenvalue weighted by Gasteiger charge is 2.15. The predicted octanol–water partition coefficient (Wildman–Crippen LogP) is 2.69. The molecule has 1 N–H and O–H groups in total. The number of halogens is 1. The van der Waals surface area contributed by atoms with Gasteiger partial charge in [-0.1, -0.05) is 12.1 Å². The second-order valence-corrected chi connectivity index (χ2v) is 4.79. The van der Waals surface area contributed by atoms with Crippen molar-refractivity contribution >= 4 is 34.2 Å². The SMILES string of the molecule is CC(C(=O)Nc1ccccc1I)n1cccn1. The van der Waals surface area contributed by atoms with Crippen molar-refractivity contribution in [3.63, 3.8) is 0 Å². The first-order valence-corrected chi connectivity index (χ1v) is 6.31. The molecule has 0 saturated carbocycles. The van der Waals surface area contributed by atoms with Gasteiger partial charge in [0.05, 0.1) is 5.69 Å². The summed E-state index contributed by atoms with van der Waals surface area (Å²) in [4.78, 5) is 12.0. The number of benzene rings is 1. The van der Waals surface area contributed by atoms with Crippen molar-refractivity contribution in [3.05, 3.63) is 46.3 Å². The molecule has 2 aromatic rings. The van der Waals surface area contributed by atoms with Gasteiger partial charge in [0.25, 0.3) is 0 Å². The van der Waals surface area contributed by atoms with E-state index in [1.165, 1.54) is 0 Å². The fourth-order valence-electron chi connectivity index (χ4n) is 1.43. The van der Waals surface area contributed by atoms with Crippen molar-refractivity contribution in [2.45, 2.75) is 13.0 Å². The Balaban J connectivity index is 2.10. The summed E-state index contributed by atoms with van der Waals surface area (Å²) in [7, 11) is 0. The van der Waals surface area contributed by atoms with Gasteiger partial charge in [0.2, 0.25) is 5.91 Å². The smallest absolute Gasteiger partial charge is 0.248 e. The van der Waals surface area contributed by atoms with Crippen LogP contribution < -0.4 is 5.32 Å². The first kappa shape index (κ1) is 12.1. The largest absolute Gasteiger partial charge is 0.323 e. The number of nitrogens with one attached hydrogen (secondary N) is 1. The van der Waals surface area contributed by atoms with E-state index in [1.54, 1.807) is 23.1 Å². The van der Waals surface area contributed by atoms with Crippen LogP contribution in [0.15, 0.2) is 42.7 Å². The number of para-hydroxylation sites is 1. The van der Waals surface area contributed by atoms with Gasteiger partial charge in [-0.25, -0.2) is 0 Å². The number of hydrogen-bond donors (Lipinski definition) is 1. The number of aromatic nitrogens is 2. The third-order valence-corrected chi connectivity index (χ3v) is 3.37. The molecule has 0 saturated heterocycles. The Morgan fingerprint density at radius 2 is 2.18 bits per heavy atom. The second kappa shape index (κ2) is 5.31. The number of carbonyl (C=O) groups is 1. The summed E-state index contributed by atoms with van der Waals surface area (Å²) in [5.74, 6) is -0.0715. The van der Waals surface area contributed by atoms with E-state index < -0.39 is 0 Å². The fourth-order valence-corrected chi connectivity index (χ4v) is 1.95. The standard InChI is InChI=1S/C12H12IN3O/c1-9(16-8-4-7-14-16)12(17)15-11-6-3-2-5-10(11)13/h2-9H,1H3,(H,15,17). The lowest BCUT2D eigenvalue weighted by molar-refractivity contribution is -0.119. The molecule has 0 fully saturated rings. The Morgan fingerprint density at radius 3 is 2.82 bits per heavy atom. The summed E-state index contributed by atoms with van der Waals surface area (Å²) < 4.78 is 2.65. The van der Waals surface area contributed by atoms with Gasteiger partial charge in [-0.3, -0.25) is 9.48 Å². The minimum atomic E-state index is -0.319. The molecule has 1 unspecified atom stereocenters. The van der Waals surface area contributed by atoms with E-state index in [0.717, 1.165) is 9.26 Å². The number of amides is 1. The molecule has 4 nitrogen and oxygen atoms in total. The number of rotatable bonds is 3. The highest BCUT2D eigenvalue weighted by molar-refractivity contribution is 14.1. The zero-order valence-corrected chi connectivity index (χ0v) is 11.5. The predicted molar refractivity (Wildman–Crippen MR) is 74.7 cm³/mol. The topological polar surface area (TPSA) is 46.9 Å². The molecule has 1 atom stereocenters. The quantitative estimate of drug-likeness (QED) is 0.873. The Hall–Kier alpha value is -1.37. The van der Waals surface area contributed by atoms with Crippen molar-refractivity contribution < 1.29 is 4.79 Å². The molecule has 5 heteroatoms. The molecule has 2 rings (SSSR count). The normalized spacial score (nSPS) is 12.1. The van der Waals surface area contributed by atoms with E-state index >= 15 is 0 Å². The van der Waals surface area contributed by atoms with Gasteiger partial charge < -0.3 is 5.32 Å². The van der Waals surface area contributed by atoms with E-state index in [4.69, 9.17) is 0 Å². The maximum absolute atomic E-state index is 12.0. The molecule has 17 heavy (non-hydrogen) atoms. The first-order valence-electron chi connectivity index (χ1n) is 5.23. The van der Waals surface area contributed by atoms with Crippen LogP contribution in [0.3, 0.4) is 0 Å². The number of carbonyl (C=O) groups excluding carboxylic acids is 1. The van der Waals surface area contributed by atoms with Crippen LogP contribution in [0, 0.1) is 3.57 Å². The highest BCUT2D eigenvalue weighted by Crippen LogP contribution is 2.18. The van der Waals surface area contributed by atoms with Gasteiger partial charge in [0, 0.05) is 16.0 Å². The van der Waals surface area contributed by atoms with Crippen molar-refractivity contribution in [2.75, 3.05) is 5.32 Å². The Labute approximate surface area is 113 Å². The summed E-state index contributed by atoms with van der Waals surface area (Å²) in [6.07, 6.45) is 3.44. The lowest BCUT2D eigenvalue weighted by atomic mass is 10.3. The Kier molecular flexibility index (Phi) is 3.78.